The van der Waals surface area contributed by atoms with Crippen LogP contribution in [0, 0.1) is 0 Å². The van der Waals surface area contributed by atoms with Crippen LogP contribution in [0.15, 0.2) is 54.7 Å². The van der Waals surface area contributed by atoms with Gasteiger partial charge in [-0.05, 0) is 35.7 Å². The fourth-order valence-corrected chi connectivity index (χ4v) is 2.35. The van der Waals surface area contributed by atoms with Crippen LogP contribution in [0.5, 0.6) is 0 Å². The highest BCUT2D eigenvalue weighted by Gasteiger charge is 2.16. The minimum absolute atomic E-state index is 0.229. The monoisotopic (exact) mass is 306 g/mol. The highest BCUT2D eigenvalue weighted by atomic mass is 16.1. The average Bonchev–Trinajstić information content (AvgIpc) is 3.05. The van der Waals surface area contributed by atoms with Crippen molar-refractivity contribution in [3.05, 3.63) is 71.5 Å². The van der Waals surface area contributed by atoms with Crippen molar-refractivity contribution in [3.8, 4) is 5.69 Å². The van der Waals surface area contributed by atoms with Gasteiger partial charge in [-0.25, -0.2) is 4.68 Å². The molecule has 5 nitrogen and oxygen atoms in total. The Morgan fingerprint density at radius 2 is 1.78 bits per heavy atom. The summed E-state index contributed by atoms with van der Waals surface area (Å²) in [6.45, 7) is 4.29. The summed E-state index contributed by atoms with van der Waals surface area (Å²) in [5.41, 5.74) is 9.11. The lowest BCUT2D eigenvalue weighted by Gasteiger charge is -2.06. The maximum absolute atomic E-state index is 12.5. The van der Waals surface area contributed by atoms with Crippen molar-refractivity contribution in [2.75, 3.05) is 5.73 Å². The van der Waals surface area contributed by atoms with Crippen molar-refractivity contribution >= 4 is 11.5 Å². The summed E-state index contributed by atoms with van der Waals surface area (Å²) in [6, 6.07) is 15.0. The van der Waals surface area contributed by atoms with E-state index in [1.165, 1.54) is 5.56 Å². The lowest BCUT2D eigenvalue weighted by molar-refractivity contribution is 0.103. The van der Waals surface area contributed by atoms with E-state index in [4.69, 9.17) is 5.73 Å². The van der Waals surface area contributed by atoms with Crippen molar-refractivity contribution in [1.82, 2.24) is 15.0 Å². The summed E-state index contributed by atoms with van der Waals surface area (Å²) in [6.07, 6.45) is 1.62. The Balaban J connectivity index is 1.88. The van der Waals surface area contributed by atoms with Gasteiger partial charge in [0.1, 0.15) is 0 Å². The van der Waals surface area contributed by atoms with Crippen LogP contribution in [0.1, 0.15) is 41.4 Å². The molecule has 3 aromatic rings. The molecule has 0 bridgehead atoms. The summed E-state index contributed by atoms with van der Waals surface area (Å²) >= 11 is 0. The van der Waals surface area contributed by atoms with E-state index >= 15 is 0 Å². The van der Waals surface area contributed by atoms with Crippen molar-refractivity contribution in [2.24, 2.45) is 0 Å². The third-order valence-corrected chi connectivity index (χ3v) is 3.76. The van der Waals surface area contributed by atoms with Gasteiger partial charge in [0.2, 0.25) is 5.78 Å². The molecule has 0 saturated carbocycles. The number of carbonyl (C=O) groups excluding carboxylic acids is 1. The van der Waals surface area contributed by atoms with Crippen LogP contribution < -0.4 is 5.73 Å². The fraction of sp³-hybridized carbons (Fsp3) is 0.167. The Morgan fingerprint density at radius 1 is 1.09 bits per heavy atom. The van der Waals surface area contributed by atoms with E-state index in [-0.39, 0.29) is 11.5 Å². The predicted molar refractivity (Wildman–Crippen MR) is 89.7 cm³/mol. The first-order chi connectivity index (χ1) is 11.1. The number of nitrogens with zero attached hydrogens (tertiary/aromatic N) is 3. The molecule has 0 atom stereocenters. The average molecular weight is 306 g/mol. The van der Waals surface area contributed by atoms with Gasteiger partial charge in [0, 0.05) is 11.3 Å². The molecule has 0 aliphatic carbocycles. The quantitative estimate of drug-likeness (QED) is 0.593. The van der Waals surface area contributed by atoms with Crippen LogP contribution >= 0.6 is 0 Å². The number of para-hydroxylation sites is 1. The summed E-state index contributed by atoms with van der Waals surface area (Å²) in [5, 5.41) is 8.02. The molecule has 0 aliphatic rings. The Bertz CT molecular complexity index is 834. The number of hydrogen-bond donors (Lipinski definition) is 1. The molecule has 1 heterocycles. The second-order valence-corrected chi connectivity index (χ2v) is 5.71. The number of nitrogen functional groups attached to an aromatic ring is 1. The molecule has 2 aromatic carbocycles. The molecule has 0 spiro atoms. The normalized spacial score (nSPS) is 10.9. The van der Waals surface area contributed by atoms with E-state index in [0.717, 1.165) is 5.69 Å². The third-order valence-electron chi connectivity index (χ3n) is 3.76. The SMILES string of the molecule is CC(C)c1ccc(-n2cc(C(=O)c3ccccc3N)nn2)cc1. The van der Waals surface area contributed by atoms with Gasteiger partial charge in [-0.15, -0.1) is 5.10 Å². The van der Waals surface area contributed by atoms with Gasteiger partial charge in [-0.1, -0.05) is 43.3 Å². The lowest BCUT2D eigenvalue weighted by Crippen LogP contribution is -2.05. The van der Waals surface area contributed by atoms with E-state index in [0.29, 0.717) is 17.2 Å². The van der Waals surface area contributed by atoms with Crippen molar-refractivity contribution < 1.29 is 4.79 Å². The molecule has 0 fully saturated rings. The Hall–Kier alpha value is -2.95. The number of rotatable bonds is 4. The van der Waals surface area contributed by atoms with E-state index in [2.05, 4.69) is 36.3 Å². The first-order valence-corrected chi connectivity index (χ1v) is 7.48. The minimum atomic E-state index is -0.229. The largest absolute Gasteiger partial charge is 0.398 e. The van der Waals surface area contributed by atoms with Crippen LogP contribution in [0.3, 0.4) is 0 Å². The molecule has 0 unspecified atom stereocenters. The van der Waals surface area contributed by atoms with Gasteiger partial charge in [0.15, 0.2) is 5.69 Å². The van der Waals surface area contributed by atoms with Crippen LogP contribution in [0.2, 0.25) is 0 Å². The lowest BCUT2D eigenvalue weighted by atomic mass is 10.0. The van der Waals surface area contributed by atoms with Crippen LogP contribution in [-0.4, -0.2) is 20.8 Å². The minimum Gasteiger partial charge on any atom is -0.398 e. The molecule has 23 heavy (non-hydrogen) atoms. The molecule has 0 saturated heterocycles. The van der Waals surface area contributed by atoms with Gasteiger partial charge in [-0.3, -0.25) is 4.79 Å². The Morgan fingerprint density at radius 3 is 2.43 bits per heavy atom. The molecule has 0 amide bonds. The zero-order valence-electron chi connectivity index (χ0n) is 13.1. The van der Waals surface area contributed by atoms with Gasteiger partial charge >= 0.3 is 0 Å². The molecule has 116 valence electrons. The van der Waals surface area contributed by atoms with E-state index in [1.807, 2.05) is 12.1 Å². The number of benzene rings is 2. The molecule has 0 radical (unpaired) electrons. The summed E-state index contributed by atoms with van der Waals surface area (Å²) < 4.78 is 1.59. The Labute approximate surface area is 134 Å². The smallest absolute Gasteiger partial charge is 0.216 e. The predicted octanol–water partition coefficient (Wildman–Crippen LogP) is 3.20. The number of carbonyl (C=O) groups is 1. The summed E-state index contributed by atoms with van der Waals surface area (Å²) in [7, 11) is 0. The summed E-state index contributed by atoms with van der Waals surface area (Å²) in [5.74, 6) is 0.242. The number of aromatic nitrogens is 3. The van der Waals surface area contributed by atoms with Crippen LogP contribution in [0.4, 0.5) is 5.69 Å². The van der Waals surface area contributed by atoms with Crippen LogP contribution in [-0.2, 0) is 0 Å². The fourth-order valence-electron chi connectivity index (χ4n) is 2.35. The highest BCUT2D eigenvalue weighted by molar-refractivity contribution is 6.10. The maximum atomic E-state index is 12.5. The molecular weight excluding hydrogens is 288 g/mol. The molecule has 3 rings (SSSR count). The molecule has 1 aromatic heterocycles. The topological polar surface area (TPSA) is 73.8 Å². The number of hydrogen-bond acceptors (Lipinski definition) is 4. The number of anilines is 1. The van der Waals surface area contributed by atoms with Crippen molar-refractivity contribution in [1.29, 1.82) is 0 Å². The number of ketones is 1. The second kappa shape index (κ2) is 6.04. The van der Waals surface area contributed by atoms with Crippen LogP contribution in [0.25, 0.3) is 5.69 Å². The molecule has 2 N–H and O–H groups in total. The van der Waals surface area contributed by atoms with E-state index < -0.39 is 0 Å². The van der Waals surface area contributed by atoms with E-state index in [9.17, 15) is 4.79 Å². The first-order valence-electron chi connectivity index (χ1n) is 7.48. The van der Waals surface area contributed by atoms with Gasteiger partial charge in [0.25, 0.3) is 0 Å². The van der Waals surface area contributed by atoms with Crippen molar-refractivity contribution in [2.45, 2.75) is 19.8 Å². The second-order valence-electron chi connectivity index (χ2n) is 5.71. The standard InChI is InChI=1S/C18H18N4O/c1-12(2)13-7-9-14(10-8-13)22-11-17(20-21-22)18(23)15-5-3-4-6-16(15)19/h3-12H,19H2,1-2H3. The van der Waals surface area contributed by atoms with Gasteiger partial charge in [-0.2, -0.15) is 0 Å². The van der Waals surface area contributed by atoms with Crippen molar-refractivity contribution in [3.63, 3.8) is 0 Å². The highest BCUT2D eigenvalue weighted by Crippen LogP contribution is 2.18. The maximum Gasteiger partial charge on any atom is 0.216 e. The zero-order valence-corrected chi connectivity index (χ0v) is 13.1. The molecular formula is C18H18N4O. The summed E-state index contributed by atoms with van der Waals surface area (Å²) in [4.78, 5) is 12.5. The van der Waals surface area contributed by atoms with E-state index in [1.54, 1.807) is 35.1 Å². The third kappa shape index (κ3) is 2.99. The molecule has 0 aliphatic heterocycles. The molecule has 5 heteroatoms. The van der Waals surface area contributed by atoms with Gasteiger partial charge < -0.3 is 5.73 Å². The zero-order chi connectivity index (χ0) is 16.4. The first kappa shape index (κ1) is 15.0. The Kier molecular flexibility index (Phi) is 3.93. The van der Waals surface area contributed by atoms with Gasteiger partial charge in [0.05, 0.1) is 11.9 Å². The number of nitrogens with two attached hydrogens (primary N) is 1.